The standard InChI is InChI=1S/C16H24N2O4/c1-16(2,3)18-10-11(9-17-18)14(19)22-13-8-6-5-7-12(13)15(20)21-4/h9-10,12-13H,5-8H2,1-4H3/t12-,13+/m1/s1. The third-order valence-electron chi connectivity index (χ3n) is 3.97. The fraction of sp³-hybridized carbons (Fsp3) is 0.688. The predicted octanol–water partition coefficient (Wildman–Crippen LogP) is 2.53. The molecule has 2 atom stereocenters. The summed E-state index contributed by atoms with van der Waals surface area (Å²) < 4.78 is 12.1. The first-order valence-corrected chi connectivity index (χ1v) is 7.67. The number of methoxy groups -OCH3 is 1. The maximum Gasteiger partial charge on any atom is 0.341 e. The SMILES string of the molecule is COC(=O)[C@@H]1CCCC[C@@H]1OC(=O)c1cnn(C(C)(C)C)c1. The second-order valence-corrected chi connectivity index (χ2v) is 6.70. The van der Waals surface area contributed by atoms with E-state index in [1.807, 2.05) is 20.8 Å². The summed E-state index contributed by atoms with van der Waals surface area (Å²) in [5.41, 5.74) is 0.210. The van der Waals surface area contributed by atoms with Crippen LogP contribution >= 0.6 is 0 Å². The highest BCUT2D eigenvalue weighted by Gasteiger charge is 2.35. The van der Waals surface area contributed by atoms with E-state index in [0.29, 0.717) is 18.4 Å². The molecule has 0 spiro atoms. The van der Waals surface area contributed by atoms with Gasteiger partial charge in [-0.1, -0.05) is 6.42 Å². The van der Waals surface area contributed by atoms with Crippen LogP contribution in [0, 0.1) is 5.92 Å². The van der Waals surface area contributed by atoms with Crippen molar-refractivity contribution in [2.75, 3.05) is 7.11 Å². The predicted molar refractivity (Wildman–Crippen MR) is 80.4 cm³/mol. The van der Waals surface area contributed by atoms with E-state index >= 15 is 0 Å². The number of hydrogen-bond donors (Lipinski definition) is 0. The monoisotopic (exact) mass is 308 g/mol. The molecule has 0 radical (unpaired) electrons. The maximum absolute atomic E-state index is 12.3. The Bertz CT molecular complexity index is 545. The van der Waals surface area contributed by atoms with E-state index in [1.165, 1.54) is 13.3 Å². The topological polar surface area (TPSA) is 70.4 Å². The van der Waals surface area contributed by atoms with Gasteiger partial charge < -0.3 is 9.47 Å². The van der Waals surface area contributed by atoms with Crippen LogP contribution < -0.4 is 0 Å². The molecule has 122 valence electrons. The van der Waals surface area contributed by atoms with Crippen LogP contribution in [0.2, 0.25) is 0 Å². The van der Waals surface area contributed by atoms with Crippen LogP contribution in [-0.4, -0.2) is 34.9 Å². The van der Waals surface area contributed by atoms with Gasteiger partial charge in [-0.25, -0.2) is 4.79 Å². The van der Waals surface area contributed by atoms with E-state index in [0.717, 1.165) is 12.8 Å². The van der Waals surface area contributed by atoms with Crippen molar-refractivity contribution in [1.82, 2.24) is 9.78 Å². The molecule has 0 aliphatic heterocycles. The zero-order valence-electron chi connectivity index (χ0n) is 13.7. The minimum atomic E-state index is -0.434. The van der Waals surface area contributed by atoms with Crippen molar-refractivity contribution in [3.05, 3.63) is 18.0 Å². The van der Waals surface area contributed by atoms with Crippen LogP contribution in [-0.2, 0) is 19.8 Å². The summed E-state index contributed by atoms with van der Waals surface area (Å²) in [7, 11) is 1.36. The molecular weight excluding hydrogens is 284 g/mol. The van der Waals surface area contributed by atoms with Gasteiger partial charge in [0.2, 0.25) is 0 Å². The number of nitrogens with zero attached hydrogens (tertiary/aromatic N) is 2. The smallest absolute Gasteiger partial charge is 0.341 e. The summed E-state index contributed by atoms with van der Waals surface area (Å²) >= 11 is 0. The Morgan fingerprint density at radius 1 is 1.27 bits per heavy atom. The molecule has 6 heteroatoms. The van der Waals surface area contributed by atoms with Gasteiger partial charge in [0.25, 0.3) is 0 Å². The van der Waals surface area contributed by atoms with E-state index in [1.54, 1.807) is 10.9 Å². The average molecular weight is 308 g/mol. The van der Waals surface area contributed by atoms with E-state index in [-0.39, 0.29) is 17.4 Å². The molecule has 0 aromatic carbocycles. The third kappa shape index (κ3) is 3.67. The zero-order chi connectivity index (χ0) is 16.3. The summed E-state index contributed by atoms with van der Waals surface area (Å²) in [6.07, 6.45) is 6.07. The Morgan fingerprint density at radius 2 is 1.95 bits per heavy atom. The zero-order valence-corrected chi connectivity index (χ0v) is 13.7. The lowest BCUT2D eigenvalue weighted by molar-refractivity contribution is -0.151. The molecule has 0 unspecified atom stereocenters. The van der Waals surface area contributed by atoms with Crippen molar-refractivity contribution in [3.63, 3.8) is 0 Å². The molecule has 1 heterocycles. The molecule has 1 saturated carbocycles. The number of ether oxygens (including phenoxy) is 2. The van der Waals surface area contributed by atoms with Gasteiger partial charge in [0.15, 0.2) is 0 Å². The van der Waals surface area contributed by atoms with Crippen molar-refractivity contribution < 1.29 is 19.1 Å². The van der Waals surface area contributed by atoms with Crippen LogP contribution in [0.4, 0.5) is 0 Å². The van der Waals surface area contributed by atoms with Gasteiger partial charge in [-0.2, -0.15) is 5.10 Å². The first-order valence-electron chi connectivity index (χ1n) is 7.67. The lowest BCUT2D eigenvalue weighted by Crippen LogP contribution is -2.36. The molecule has 6 nitrogen and oxygen atoms in total. The molecule has 2 rings (SSSR count). The van der Waals surface area contributed by atoms with E-state index in [2.05, 4.69) is 5.10 Å². The molecule has 1 aliphatic carbocycles. The minimum Gasteiger partial charge on any atom is -0.469 e. The first kappa shape index (κ1) is 16.5. The Hall–Kier alpha value is -1.85. The van der Waals surface area contributed by atoms with Crippen molar-refractivity contribution in [3.8, 4) is 0 Å². The van der Waals surface area contributed by atoms with Gasteiger partial charge in [0.05, 0.1) is 30.3 Å². The number of carbonyl (C=O) groups excluding carboxylic acids is 2. The minimum absolute atomic E-state index is 0.197. The fourth-order valence-corrected chi connectivity index (χ4v) is 2.66. The molecule has 1 aromatic heterocycles. The second-order valence-electron chi connectivity index (χ2n) is 6.70. The van der Waals surface area contributed by atoms with Gasteiger partial charge in [-0.15, -0.1) is 0 Å². The number of esters is 2. The quantitative estimate of drug-likeness (QED) is 0.802. The first-order chi connectivity index (χ1) is 10.3. The van der Waals surface area contributed by atoms with Gasteiger partial charge in [-0.3, -0.25) is 9.48 Å². The van der Waals surface area contributed by atoms with Crippen LogP contribution in [0.25, 0.3) is 0 Å². The third-order valence-corrected chi connectivity index (χ3v) is 3.97. The fourth-order valence-electron chi connectivity index (χ4n) is 2.66. The molecule has 0 bridgehead atoms. The van der Waals surface area contributed by atoms with Crippen LogP contribution in [0.1, 0.15) is 56.8 Å². The van der Waals surface area contributed by atoms with E-state index in [4.69, 9.17) is 9.47 Å². The molecule has 0 N–H and O–H groups in total. The van der Waals surface area contributed by atoms with E-state index in [9.17, 15) is 9.59 Å². The van der Waals surface area contributed by atoms with Gasteiger partial charge in [0, 0.05) is 6.20 Å². The molecule has 1 aromatic rings. The molecule has 22 heavy (non-hydrogen) atoms. The Balaban J connectivity index is 2.06. The Labute approximate surface area is 130 Å². The van der Waals surface area contributed by atoms with Gasteiger partial charge >= 0.3 is 11.9 Å². The highest BCUT2D eigenvalue weighted by atomic mass is 16.6. The maximum atomic E-state index is 12.3. The second kappa shape index (κ2) is 6.50. The van der Waals surface area contributed by atoms with E-state index < -0.39 is 12.1 Å². The van der Waals surface area contributed by atoms with Gasteiger partial charge in [-0.05, 0) is 40.0 Å². The highest BCUT2D eigenvalue weighted by Crippen LogP contribution is 2.28. The largest absolute Gasteiger partial charge is 0.469 e. The van der Waals surface area contributed by atoms with Crippen LogP contribution in [0.5, 0.6) is 0 Å². The number of aromatic nitrogens is 2. The van der Waals surface area contributed by atoms with Gasteiger partial charge in [0.1, 0.15) is 6.10 Å². The average Bonchev–Trinajstić information content (AvgIpc) is 2.97. The number of carbonyl (C=O) groups is 2. The number of rotatable bonds is 3. The van der Waals surface area contributed by atoms with Crippen molar-refractivity contribution >= 4 is 11.9 Å². The summed E-state index contributed by atoms with van der Waals surface area (Å²) in [5.74, 6) is -1.10. The number of hydrogen-bond acceptors (Lipinski definition) is 5. The molecule has 0 saturated heterocycles. The summed E-state index contributed by atoms with van der Waals surface area (Å²) in [5, 5.41) is 4.20. The van der Waals surface area contributed by atoms with Crippen molar-refractivity contribution in [2.24, 2.45) is 5.92 Å². The van der Waals surface area contributed by atoms with Crippen LogP contribution in [0.15, 0.2) is 12.4 Å². The lowest BCUT2D eigenvalue weighted by atomic mass is 9.86. The molecule has 1 aliphatic rings. The van der Waals surface area contributed by atoms with Crippen LogP contribution in [0.3, 0.4) is 0 Å². The van der Waals surface area contributed by atoms with Crippen molar-refractivity contribution in [2.45, 2.75) is 58.1 Å². The lowest BCUT2D eigenvalue weighted by Gasteiger charge is -2.28. The molecule has 1 fully saturated rings. The summed E-state index contributed by atoms with van der Waals surface area (Å²) in [4.78, 5) is 24.1. The molecule has 0 amide bonds. The van der Waals surface area contributed by atoms with Crippen molar-refractivity contribution in [1.29, 1.82) is 0 Å². The Morgan fingerprint density at radius 3 is 2.55 bits per heavy atom. The highest BCUT2D eigenvalue weighted by molar-refractivity contribution is 5.89. The summed E-state index contributed by atoms with van der Waals surface area (Å²) in [6.45, 7) is 6.01. The molecular formula is C16H24N2O4. The Kier molecular flexibility index (Phi) is 4.88. The normalized spacial score (nSPS) is 22.2. The summed E-state index contributed by atoms with van der Waals surface area (Å²) in [6, 6.07) is 0.